The minimum atomic E-state index is -1.22. The number of alkyl halides is 1. The minimum absolute atomic E-state index is 0.788. The van der Waals surface area contributed by atoms with Gasteiger partial charge in [0.15, 0.2) is 6.71 Å². The van der Waals surface area contributed by atoms with Crippen LogP contribution in [-0.2, 0) is 0 Å². The van der Waals surface area contributed by atoms with Gasteiger partial charge in [0, 0.05) is 14.0 Å². The van der Waals surface area contributed by atoms with Crippen LogP contribution >= 0.6 is 11.6 Å². The molecule has 0 saturated carbocycles. The van der Waals surface area contributed by atoms with Gasteiger partial charge in [-0.25, -0.2) is 0 Å². The van der Waals surface area contributed by atoms with Gasteiger partial charge in [0.2, 0.25) is 0 Å². The zero-order chi connectivity index (χ0) is 18.7. The lowest BCUT2D eigenvalue weighted by molar-refractivity contribution is 0.411. The first-order chi connectivity index (χ1) is 11.6. The first kappa shape index (κ1) is 21.6. The van der Waals surface area contributed by atoms with Crippen LogP contribution in [0.4, 0.5) is 0 Å². The Hall–Kier alpha value is 0.309. The van der Waals surface area contributed by atoms with E-state index in [2.05, 4.69) is 50.7 Å². The van der Waals surface area contributed by atoms with Crippen LogP contribution in [-0.4, -0.2) is 28.7 Å². The van der Waals surface area contributed by atoms with Crippen LogP contribution in [0, 0.1) is 5.92 Å². The van der Waals surface area contributed by atoms with Crippen LogP contribution in [0.25, 0.3) is 0 Å². The van der Waals surface area contributed by atoms with Crippen molar-refractivity contribution in [2.45, 2.75) is 102 Å². The summed E-state index contributed by atoms with van der Waals surface area (Å²) in [4.78, 5) is 0. The zero-order valence-corrected chi connectivity index (χ0v) is 20.4. The zero-order valence-electron chi connectivity index (χ0n) is 17.6. The van der Waals surface area contributed by atoms with Crippen molar-refractivity contribution in [2.75, 3.05) is 5.88 Å². The van der Waals surface area contributed by atoms with Crippen LogP contribution in [0.5, 0.6) is 0 Å². The van der Waals surface area contributed by atoms with Gasteiger partial charge >= 0.3 is 0 Å². The fourth-order valence-electron chi connectivity index (χ4n) is 5.53. The molecule has 2 rings (SSSR count). The van der Waals surface area contributed by atoms with Crippen LogP contribution < -0.4 is 0 Å². The molecule has 2 bridgehead atoms. The fourth-order valence-corrected chi connectivity index (χ4v) is 9.58. The van der Waals surface area contributed by atoms with Crippen molar-refractivity contribution in [1.82, 2.24) is 0 Å². The van der Waals surface area contributed by atoms with Crippen molar-refractivity contribution < 1.29 is 0 Å². The lowest BCUT2D eigenvalue weighted by Gasteiger charge is -2.40. The normalized spacial score (nSPS) is 27.5. The molecule has 0 unspecified atom stereocenters. The number of halogens is 1. The van der Waals surface area contributed by atoms with Crippen molar-refractivity contribution in [3.63, 3.8) is 0 Å². The second-order valence-corrected chi connectivity index (χ2v) is 21.6. The quantitative estimate of drug-likeness (QED) is 0.247. The van der Waals surface area contributed by atoms with Crippen LogP contribution in [0.3, 0.4) is 0 Å². The predicted molar refractivity (Wildman–Crippen MR) is 123 cm³/mol. The number of allylic oxidation sites excluding steroid dienone is 1. The molecule has 2 aliphatic rings. The van der Waals surface area contributed by atoms with E-state index in [-0.39, 0.29) is 0 Å². The molecule has 0 aromatic rings. The Kier molecular flexibility index (Phi) is 7.78. The van der Waals surface area contributed by atoms with E-state index in [1.165, 1.54) is 44.9 Å². The lowest BCUT2D eigenvalue weighted by Crippen LogP contribution is -2.44. The standard InChI is InChI=1S/C21H40BClSi2/c1-24(2,3)17-15-20(14-9-16-23)22-19-12-7-10-18(11-8-13-19)21(22)25(4,5)6/h17-19,21H,7-14,16H2,1-6H3/t15?,18?,19?,21-/m0/s1. The Morgan fingerprint density at radius 1 is 1.04 bits per heavy atom. The van der Waals surface area contributed by atoms with E-state index in [0.29, 0.717) is 0 Å². The van der Waals surface area contributed by atoms with E-state index < -0.39 is 16.1 Å². The van der Waals surface area contributed by atoms with E-state index in [9.17, 15) is 0 Å². The topological polar surface area (TPSA) is 0 Å². The predicted octanol–water partition coefficient (Wildman–Crippen LogP) is 7.60. The summed E-state index contributed by atoms with van der Waals surface area (Å²) in [6, 6.07) is 0. The third kappa shape index (κ3) is 6.16. The molecule has 0 radical (unpaired) electrons. The molecule has 0 aromatic carbocycles. The highest BCUT2D eigenvalue weighted by atomic mass is 35.5. The summed E-state index contributed by atoms with van der Waals surface area (Å²) >= 11 is 6.11. The van der Waals surface area contributed by atoms with Gasteiger partial charge in [0.1, 0.15) is 0 Å². The highest BCUT2D eigenvalue weighted by Gasteiger charge is 2.48. The molecular weight excluding hydrogens is 355 g/mol. The molecule has 0 aromatic heterocycles. The Balaban J connectivity index is 2.50. The summed E-state index contributed by atoms with van der Waals surface area (Å²) < 4.78 is 0. The van der Waals surface area contributed by atoms with E-state index in [1.807, 2.05) is 0 Å². The molecule has 2 aliphatic heterocycles. The third-order valence-corrected chi connectivity index (χ3v) is 10.5. The van der Waals surface area contributed by atoms with E-state index >= 15 is 0 Å². The third-order valence-electron chi connectivity index (χ3n) is 6.37. The number of rotatable bonds is 6. The van der Waals surface area contributed by atoms with Gasteiger partial charge in [0.05, 0.1) is 8.07 Å². The molecule has 25 heavy (non-hydrogen) atoms. The SMILES string of the molecule is C[Si](C)(C)C=C=C(CCCCl)B1C2CCCC(CCC2)[C@@H]1[Si](C)(C)C. The summed E-state index contributed by atoms with van der Waals surface area (Å²) in [6.07, 6.45) is 11.1. The van der Waals surface area contributed by atoms with Crippen molar-refractivity contribution in [1.29, 1.82) is 0 Å². The molecular formula is C21H40BClSi2. The maximum absolute atomic E-state index is 6.11. The first-order valence-corrected chi connectivity index (χ1v) is 18.3. The average Bonchev–Trinajstić information content (AvgIpc) is 2.74. The molecule has 2 saturated heterocycles. The van der Waals surface area contributed by atoms with Crippen molar-refractivity contribution in [2.24, 2.45) is 5.92 Å². The molecule has 0 amide bonds. The summed E-state index contributed by atoms with van der Waals surface area (Å²) in [5.41, 5.74) is 9.02. The largest absolute Gasteiger partial charge is 0.184 e. The highest BCUT2D eigenvalue weighted by Crippen LogP contribution is 2.52. The van der Waals surface area contributed by atoms with E-state index in [1.54, 1.807) is 5.47 Å². The Labute approximate surface area is 165 Å². The monoisotopic (exact) mass is 394 g/mol. The molecule has 0 N–H and O–H groups in total. The van der Waals surface area contributed by atoms with E-state index in [4.69, 9.17) is 11.6 Å². The van der Waals surface area contributed by atoms with Crippen molar-refractivity contribution in [3.8, 4) is 0 Å². The molecule has 2 fully saturated rings. The van der Waals surface area contributed by atoms with E-state index in [0.717, 1.165) is 36.2 Å². The molecule has 2 heterocycles. The minimum Gasteiger partial charge on any atom is -0.140 e. The molecule has 0 aliphatic carbocycles. The number of hydrogen-bond acceptors (Lipinski definition) is 0. The van der Waals surface area contributed by atoms with Crippen LogP contribution in [0.15, 0.2) is 16.9 Å². The van der Waals surface area contributed by atoms with Gasteiger partial charge < -0.3 is 0 Å². The maximum Gasteiger partial charge on any atom is 0.184 e. The van der Waals surface area contributed by atoms with Gasteiger partial charge in [-0.3, -0.25) is 0 Å². The van der Waals surface area contributed by atoms with Gasteiger partial charge in [-0.15, -0.1) is 17.3 Å². The van der Waals surface area contributed by atoms with Gasteiger partial charge in [-0.1, -0.05) is 100 Å². The summed E-state index contributed by atoms with van der Waals surface area (Å²) in [6.45, 7) is 16.0. The average molecular weight is 395 g/mol. The molecule has 142 valence electrons. The summed E-state index contributed by atoms with van der Waals surface area (Å²) in [7, 11) is -2.43. The van der Waals surface area contributed by atoms with Gasteiger partial charge in [-0.05, 0) is 18.8 Å². The Morgan fingerprint density at radius 2 is 1.64 bits per heavy atom. The molecule has 4 heteroatoms. The number of fused-ring (bicyclic) bond motifs is 3. The first-order valence-electron chi connectivity index (χ1n) is 10.7. The van der Waals surface area contributed by atoms with Crippen molar-refractivity contribution >= 4 is 34.5 Å². The summed E-state index contributed by atoms with van der Waals surface area (Å²) in [5.74, 6) is 2.68. The molecule has 0 nitrogen and oxygen atoms in total. The molecule has 0 spiro atoms. The Bertz CT molecular complexity index is 487. The maximum atomic E-state index is 6.11. The van der Waals surface area contributed by atoms with Gasteiger partial charge in [-0.2, -0.15) is 0 Å². The summed E-state index contributed by atoms with van der Waals surface area (Å²) in [5, 5.41) is 0. The second-order valence-electron chi connectivity index (χ2n) is 10.8. The Morgan fingerprint density at radius 3 is 2.12 bits per heavy atom. The highest BCUT2D eigenvalue weighted by molar-refractivity contribution is 6.92. The smallest absolute Gasteiger partial charge is 0.140 e. The number of hydrogen-bond donors (Lipinski definition) is 0. The molecule has 1 atom stereocenters. The second kappa shape index (κ2) is 9.00. The van der Waals surface area contributed by atoms with Gasteiger partial charge in [0.25, 0.3) is 0 Å². The van der Waals surface area contributed by atoms with Crippen molar-refractivity contribution in [3.05, 3.63) is 16.9 Å². The van der Waals surface area contributed by atoms with Crippen LogP contribution in [0.2, 0.25) is 50.5 Å². The van der Waals surface area contributed by atoms with Crippen LogP contribution in [0.1, 0.15) is 51.4 Å². The fraction of sp³-hybridized carbons (Fsp3) is 0.857. The lowest BCUT2D eigenvalue weighted by atomic mass is 9.32.